The molecule has 0 heterocycles. The fourth-order valence-corrected chi connectivity index (χ4v) is 1.68. The second kappa shape index (κ2) is 3.24. The Hall–Kier alpha value is -0.540. The lowest BCUT2D eigenvalue weighted by atomic mass is 10.1. The van der Waals surface area contributed by atoms with Crippen molar-refractivity contribution in [3.63, 3.8) is 0 Å². The molecule has 0 aromatic heterocycles. The van der Waals surface area contributed by atoms with E-state index in [0.29, 0.717) is 5.69 Å². The first kappa shape index (κ1) is 8.56. The number of benzene rings is 1. The third kappa shape index (κ3) is 1.73. The minimum atomic E-state index is -0.0211. The van der Waals surface area contributed by atoms with Crippen LogP contribution in [0.25, 0.3) is 0 Å². The zero-order valence-corrected chi connectivity index (χ0v) is 7.85. The highest BCUT2D eigenvalue weighted by atomic mass is 79.9. The summed E-state index contributed by atoms with van der Waals surface area (Å²) in [5, 5.41) is 8.88. The summed E-state index contributed by atoms with van der Waals surface area (Å²) >= 11 is 3.32. The smallest absolute Gasteiger partial charge is 0.0713 e. The number of aryl methyl sites for hydroxylation is 1. The zero-order chi connectivity index (χ0) is 8.43. The first-order valence-corrected chi connectivity index (χ1v) is 4.10. The molecule has 60 valence electrons. The zero-order valence-electron chi connectivity index (χ0n) is 6.26. The first-order valence-electron chi connectivity index (χ1n) is 3.30. The number of nitrogens with two attached hydrogens (primary N) is 1. The molecule has 0 atom stereocenters. The highest BCUT2D eigenvalue weighted by Gasteiger charge is 2.02. The molecular formula is C8H10BrNO. The van der Waals surface area contributed by atoms with Crippen LogP contribution < -0.4 is 5.73 Å². The highest BCUT2D eigenvalue weighted by molar-refractivity contribution is 9.10. The first-order chi connectivity index (χ1) is 5.15. The van der Waals surface area contributed by atoms with E-state index in [9.17, 15) is 0 Å². The van der Waals surface area contributed by atoms with Gasteiger partial charge in [0.15, 0.2) is 0 Å². The molecule has 0 aliphatic rings. The maximum absolute atomic E-state index is 8.88. The van der Waals surface area contributed by atoms with Gasteiger partial charge in [-0.05, 0) is 24.6 Å². The largest absolute Gasteiger partial charge is 0.398 e. The van der Waals surface area contributed by atoms with Crippen LogP contribution in [0.3, 0.4) is 0 Å². The van der Waals surface area contributed by atoms with Gasteiger partial charge >= 0.3 is 0 Å². The van der Waals surface area contributed by atoms with Crippen molar-refractivity contribution in [1.82, 2.24) is 0 Å². The third-order valence-electron chi connectivity index (χ3n) is 1.53. The van der Waals surface area contributed by atoms with E-state index in [1.165, 1.54) is 0 Å². The van der Waals surface area contributed by atoms with E-state index in [2.05, 4.69) is 15.9 Å². The predicted molar refractivity (Wildman–Crippen MR) is 49.2 cm³/mol. The number of aliphatic hydroxyl groups excluding tert-OH is 1. The van der Waals surface area contributed by atoms with Gasteiger partial charge < -0.3 is 10.8 Å². The summed E-state index contributed by atoms with van der Waals surface area (Å²) in [7, 11) is 0. The van der Waals surface area contributed by atoms with Gasteiger partial charge in [-0.15, -0.1) is 0 Å². The number of anilines is 1. The molecule has 1 aromatic carbocycles. The Morgan fingerprint density at radius 2 is 2.18 bits per heavy atom. The Labute approximate surface area is 74.2 Å². The number of rotatable bonds is 1. The van der Waals surface area contributed by atoms with Crippen molar-refractivity contribution in [3.05, 3.63) is 27.7 Å². The van der Waals surface area contributed by atoms with Crippen molar-refractivity contribution in [2.24, 2.45) is 0 Å². The average molecular weight is 216 g/mol. The number of hydrogen-bond acceptors (Lipinski definition) is 2. The summed E-state index contributed by atoms with van der Waals surface area (Å²) in [6, 6.07) is 3.78. The standard InChI is InChI=1S/C8H10BrNO/c1-5-2-7(9)6(4-11)8(10)3-5/h2-3,11H,4,10H2,1H3. The Balaban J connectivity index is 3.25. The highest BCUT2D eigenvalue weighted by Crippen LogP contribution is 2.24. The molecule has 0 radical (unpaired) electrons. The molecule has 0 saturated carbocycles. The molecule has 1 rings (SSSR count). The third-order valence-corrected chi connectivity index (χ3v) is 2.24. The average Bonchev–Trinajstić information content (AvgIpc) is 1.85. The molecule has 3 heteroatoms. The summed E-state index contributed by atoms with van der Waals surface area (Å²) < 4.78 is 0.873. The van der Waals surface area contributed by atoms with Crippen molar-refractivity contribution in [3.8, 4) is 0 Å². The van der Waals surface area contributed by atoms with Crippen LogP contribution >= 0.6 is 15.9 Å². The molecule has 0 aliphatic heterocycles. The molecule has 0 aliphatic carbocycles. The van der Waals surface area contributed by atoms with E-state index in [1.807, 2.05) is 19.1 Å². The number of hydrogen-bond donors (Lipinski definition) is 2. The lowest BCUT2D eigenvalue weighted by molar-refractivity contribution is 0.282. The van der Waals surface area contributed by atoms with E-state index >= 15 is 0 Å². The second-order valence-corrected chi connectivity index (χ2v) is 3.33. The van der Waals surface area contributed by atoms with Crippen LogP contribution in [0.2, 0.25) is 0 Å². The summed E-state index contributed by atoms with van der Waals surface area (Å²) in [6.07, 6.45) is 0. The SMILES string of the molecule is Cc1cc(N)c(CO)c(Br)c1. The molecule has 1 aromatic rings. The van der Waals surface area contributed by atoms with Gasteiger partial charge in [0.1, 0.15) is 0 Å². The van der Waals surface area contributed by atoms with Gasteiger partial charge in [0, 0.05) is 15.7 Å². The number of halogens is 1. The molecule has 0 spiro atoms. The van der Waals surface area contributed by atoms with Crippen LogP contribution in [-0.4, -0.2) is 5.11 Å². The van der Waals surface area contributed by atoms with Crippen LogP contribution in [0, 0.1) is 6.92 Å². The van der Waals surface area contributed by atoms with Gasteiger partial charge in [-0.2, -0.15) is 0 Å². The van der Waals surface area contributed by atoms with Crippen LogP contribution in [-0.2, 0) is 6.61 Å². The Kier molecular flexibility index (Phi) is 2.52. The molecule has 11 heavy (non-hydrogen) atoms. The fraction of sp³-hybridized carbons (Fsp3) is 0.250. The van der Waals surface area contributed by atoms with Crippen molar-refractivity contribution in [1.29, 1.82) is 0 Å². The molecule has 0 amide bonds. The Bertz CT molecular complexity index is 250. The van der Waals surface area contributed by atoms with Crippen molar-refractivity contribution >= 4 is 21.6 Å². The Morgan fingerprint density at radius 3 is 2.64 bits per heavy atom. The molecule has 0 bridgehead atoms. The van der Waals surface area contributed by atoms with Crippen LogP contribution in [0.1, 0.15) is 11.1 Å². The fourth-order valence-electron chi connectivity index (χ4n) is 0.966. The molecule has 0 unspecified atom stereocenters. The van der Waals surface area contributed by atoms with Crippen LogP contribution in [0.5, 0.6) is 0 Å². The predicted octanol–water partition coefficient (Wildman–Crippen LogP) is 1.83. The summed E-state index contributed by atoms with van der Waals surface area (Å²) in [5.74, 6) is 0. The minimum Gasteiger partial charge on any atom is -0.398 e. The summed E-state index contributed by atoms with van der Waals surface area (Å²) in [6.45, 7) is 1.94. The van der Waals surface area contributed by atoms with E-state index in [-0.39, 0.29) is 6.61 Å². The normalized spacial score (nSPS) is 10.1. The maximum Gasteiger partial charge on any atom is 0.0713 e. The van der Waals surface area contributed by atoms with Gasteiger partial charge in [-0.25, -0.2) is 0 Å². The Morgan fingerprint density at radius 1 is 1.55 bits per heavy atom. The van der Waals surface area contributed by atoms with Crippen LogP contribution in [0.4, 0.5) is 5.69 Å². The monoisotopic (exact) mass is 215 g/mol. The minimum absolute atomic E-state index is 0.0211. The molecule has 0 fully saturated rings. The summed E-state index contributed by atoms with van der Waals surface area (Å²) in [4.78, 5) is 0. The summed E-state index contributed by atoms with van der Waals surface area (Å²) in [5.41, 5.74) is 8.13. The second-order valence-electron chi connectivity index (χ2n) is 2.47. The number of aliphatic hydroxyl groups is 1. The maximum atomic E-state index is 8.88. The number of nitrogen functional groups attached to an aromatic ring is 1. The van der Waals surface area contributed by atoms with Gasteiger partial charge in [-0.3, -0.25) is 0 Å². The lowest BCUT2D eigenvalue weighted by Crippen LogP contribution is -1.95. The lowest BCUT2D eigenvalue weighted by Gasteiger charge is -2.05. The molecular weight excluding hydrogens is 206 g/mol. The van der Waals surface area contributed by atoms with Crippen molar-refractivity contribution in [2.45, 2.75) is 13.5 Å². The van der Waals surface area contributed by atoms with Gasteiger partial charge in [0.25, 0.3) is 0 Å². The van der Waals surface area contributed by atoms with Crippen molar-refractivity contribution < 1.29 is 5.11 Å². The van der Waals surface area contributed by atoms with Gasteiger partial charge in [-0.1, -0.05) is 15.9 Å². The van der Waals surface area contributed by atoms with E-state index in [4.69, 9.17) is 10.8 Å². The van der Waals surface area contributed by atoms with E-state index in [0.717, 1.165) is 15.6 Å². The molecule has 0 saturated heterocycles. The van der Waals surface area contributed by atoms with Gasteiger partial charge in [0.05, 0.1) is 6.61 Å². The van der Waals surface area contributed by atoms with E-state index in [1.54, 1.807) is 0 Å². The molecule has 2 nitrogen and oxygen atoms in total. The van der Waals surface area contributed by atoms with Crippen LogP contribution in [0.15, 0.2) is 16.6 Å². The van der Waals surface area contributed by atoms with E-state index < -0.39 is 0 Å². The van der Waals surface area contributed by atoms with Crippen molar-refractivity contribution in [2.75, 3.05) is 5.73 Å². The quantitative estimate of drug-likeness (QED) is 0.703. The topological polar surface area (TPSA) is 46.2 Å². The molecule has 3 N–H and O–H groups in total. The van der Waals surface area contributed by atoms with Gasteiger partial charge in [0.2, 0.25) is 0 Å².